The van der Waals surface area contributed by atoms with E-state index in [1.165, 1.54) is 6.92 Å². The van der Waals surface area contributed by atoms with E-state index in [0.29, 0.717) is 0 Å². The maximum absolute atomic E-state index is 13.4. The van der Waals surface area contributed by atoms with Crippen molar-refractivity contribution < 1.29 is 37.3 Å². The first-order valence-corrected chi connectivity index (χ1v) is 6.91. The van der Waals surface area contributed by atoms with Crippen molar-refractivity contribution in [3.05, 3.63) is 28.5 Å². The summed E-state index contributed by atoms with van der Waals surface area (Å²) in [6.07, 6.45) is -6.48. The number of hydrogen-bond donors (Lipinski definition) is 2. The molecule has 0 radical (unpaired) electrons. The van der Waals surface area contributed by atoms with Crippen molar-refractivity contribution in [1.29, 1.82) is 0 Å². The van der Waals surface area contributed by atoms with Crippen molar-refractivity contribution in [3.63, 3.8) is 0 Å². The fourth-order valence-electron chi connectivity index (χ4n) is 2.23. The molecule has 0 aromatic heterocycles. The molecule has 1 aromatic carbocycles. The van der Waals surface area contributed by atoms with Crippen molar-refractivity contribution in [2.24, 2.45) is 0 Å². The average Bonchev–Trinajstić information content (AvgIpc) is 2.46. The van der Waals surface area contributed by atoms with E-state index in [2.05, 4.69) is 0 Å². The minimum atomic E-state index is -5.37. The number of halogens is 5. The van der Waals surface area contributed by atoms with Gasteiger partial charge in [0.1, 0.15) is 16.6 Å². The summed E-state index contributed by atoms with van der Waals surface area (Å²) >= 11 is 5.72. The van der Waals surface area contributed by atoms with Gasteiger partial charge in [-0.1, -0.05) is 24.6 Å². The van der Waals surface area contributed by atoms with Crippen LogP contribution in [0.4, 0.5) is 17.6 Å². The molecule has 0 bridgehead atoms. The normalized spacial score (nSPS) is 15.8. The van der Waals surface area contributed by atoms with Crippen LogP contribution in [0.25, 0.3) is 0 Å². The molecule has 0 saturated carbocycles. The lowest BCUT2D eigenvalue weighted by molar-refractivity contribution is -0.263. The largest absolute Gasteiger partial charge is 0.495 e. The SMILES string of the molecule is CCC(CC(O)(C(=O)O)C(F)(F)F)c1ccc(F)c(Cl)c1OC. The third-order valence-electron chi connectivity index (χ3n) is 3.58. The summed E-state index contributed by atoms with van der Waals surface area (Å²) in [5.74, 6) is -4.48. The number of rotatable bonds is 6. The minimum Gasteiger partial charge on any atom is -0.495 e. The molecular formula is C14H15ClF4O4. The Balaban J connectivity index is 3.35. The molecule has 2 atom stereocenters. The van der Waals surface area contributed by atoms with Gasteiger partial charge in [-0.2, -0.15) is 13.2 Å². The summed E-state index contributed by atoms with van der Waals surface area (Å²) in [5, 5.41) is 18.0. The number of carboxylic acid groups (broad SMARTS) is 1. The first kappa shape index (κ1) is 19.5. The zero-order valence-corrected chi connectivity index (χ0v) is 13.0. The van der Waals surface area contributed by atoms with Crippen LogP contribution in [0.5, 0.6) is 5.75 Å². The van der Waals surface area contributed by atoms with Gasteiger partial charge in [0.2, 0.25) is 0 Å². The number of alkyl halides is 3. The van der Waals surface area contributed by atoms with Crippen molar-refractivity contribution in [2.75, 3.05) is 7.11 Å². The summed E-state index contributed by atoms with van der Waals surface area (Å²) in [6, 6.07) is 2.10. The first-order valence-electron chi connectivity index (χ1n) is 6.54. The number of methoxy groups -OCH3 is 1. The van der Waals surface area contributed by atoms with Crippen LogP contribution in [0.3, 0.4) is 0 Å². The highest BCUT2D eigenvalue weighted by Crippen LogP contribution is 2.43. The Morgan fingerprint density at radius 1 is 1.39 bits per heavy atom. The second-order valence-electron chi connectivity index (χ2n) is 4.96. The van der Waals surface area contributed by atoms with Gasteiger partial charge in [0.15, 0.2) is 0 Å². The van der Waals surface area contributed by atoms with E-state index in [0.717, 1.165) is 19.2 Å². The van der Waals surface area contributed by atoms with E-state index < -0.39 is 40.9 Å². The molecule has 130 valence electrons. The molecule has 2 unspecified atom stereocenters. The summed E-state index contributed by atoms with van der Waals surface area (Å²) in [4.78, 5) is 10.9. The fraction of sp³-hybridized carbons (Fsp3) is 0.500. The quantitative estimate of drug-likeness (QED) is 0.760. The molecular weight excluding hydrogens is 344 g/mol. The van der Waals surface area contributed by atoms with Gasteiger partial charge in [0.25, 0.3) is 5.60 Å². The maximum atomic E-state index is 13.4. The Labute approximate surface area is 134 Å². The van der Waals surface area contributed by atoms with Crippen LogP contribution in [0, 0.1) is 5.82 Å². The Morgan fingerprint density at radius 2 is 1.96 bits per heavy atom. The molecule has 0 amide bonds. The highest BCUT2D eigenvalue weighted by atomic mass is 35.5. The molecule has 0 fully saturated rings. The van der Waals surface area contributed by atoms with Gasteiger partial charge in [-0.15, -0.1) is 0 Å². The Hall–Kier alpha value is -1.54. The van der Waals surface area contributed by atoms with E-state index in [9.17, 15) is 27.5 Å². The number of benzene rings is 1. The van der Waals surface area contributed by atoms with Crippen LogP contribution in [0.1, 0.15) is 31.2 Å². The van der Waals surface area contributed by atoms with E-state index >= 15 is 0 Å². The number of aliphatic carboxylic acids is 1. The van der Waals surface area contributed by atoms with Gasteiger partial charge in [0, 0.05) is 6.42 Å². The molecule has 4 nitrogen and oxygen atoms in total. The standard InChI is InChI=1S/C14H15ClF4O4/c1-3-7(6-13(22,12(20)21)14(17,18)19)8-4-5-9(16)10(15)11(8)23-2/h4-5,7,22H,3,6H2,1-2H3,(H,20,21). The maximum Gasteiger partial charge on any atom is 0.428 e. The topological polar surface area (TPSA) is 66.8 Å². The molecule has 0 heterocycles. The van der Waals surface area contributed by atoms with Gasteiger partial charge in [0.05, 0.1) is 7.11 Å². The van der Waals surface area contributed by atoms with Crippen LogP contribution in [0.2, 0.25) is 5.02 Å². The van der Waals surface area contributed by atoms with Crippen LogP contribution >= 0.6 is 11.6 Å². The number of aliphatic hydroxyl groups is 1. The summed E-state index contributed by atoms with van der Waals surface area (Å²) in [7, 11) is 1.16. The fourth-order valence-corrected chi connectivity index (χ4v) is 2.48. The average molecular weight is 359 g/mol. The highest BCUT2D eigenvalue weighted by Gasteiger charge is 2.60. The molecule has 9 heteroatoms. The molecule has 0 aliphatic rings. The van der Waals surface area contributed by atoms with Crippen molar-refractivity contribution in [3.8, 4) is 5.75 Å². The predicted octanol–water partition coefficient (Wildman–Crippen LogP) is 3.75. The lowest BCUT2D eigenvalue weighted by atomic mass is 9.83. The number of carbonyl (C=O) groups is 1. The van der Waals surface area contributed by atoms with Gasteiger partial charge in [-0.3, -0.25) is 0 Å². The number of ether oxygens (including phenoxy) is 1. The van der Waals surface area contributed by atoms with Crippen molar-refractivity contribution in [1.82, 2.24) is 0 Å². The summed E-state index contributed by atoms with van der Waals surface area (Å²) in [6.45, 7) is 1.50. The first-order chi connectivity index (χ1) is 10.5. The zero-order valence-electron chi connectivity index (χ0n) is 12.2. The van der Waals surface area contributed by atoms with Crippen LogP contribution < -0.4 is 4.74 Å². The Bertz CT molecular complexity index is 591. The molecule has 0 aliphatic carbocycles. The minimum absolute atomic E-state index is 0.0456. The summed E-state index contributed by atoms with van der Waals surface area (Å²) in [5.41, 5.74) is -3.84. The van der Waals surface area contributed by atoms with Gasteiger partial charge >= 0.3 is 12.1 Å². The Kier molecular flexibility index (Phi) is 5.87. The lowest BCUT2D eigenvalue weighted by Gasteiger charge is -2.30. The van der Waals surface area contributed by atoms with Crippen LogP contribution in [-0.4, -0.2) is 35.1 Å². The second kappa shape index (κ2) is 6.92. The molecule has 0 spiro atoms. The van der Waals surface area contributed by atoms with E-state index in [1.807, 2.05) is 0 Å². The molecule has 1 aromatic rings. The van der Waals surface area contributed by atoms with Gasteiger partial charge < -0.3 is 14.9 Å². The van der Waals surface area contributed by atoms with Crippen LogP contribution in [0.15, 0.2) is 12.1 Å². The summed E-state index contributed by atoms with van der Waals surface area (Å²) < 4.78 is 57.2. The number of carboxylic acids is 1. The molecule has 1 rings (SSSR count). The van der Waals surface area contributed by atoms with E-state index in [-0.39, 0.29) is 17.7 Å². The van der Waals surface area contributed by atoms with Gasteiger partial charge in [-0.25, -0.2) is 9.18 Å². The molecule has 2 N–H and O–H groups in total. The zero-order chi connectivity index (χ0) is 18.0. The van der Waals surface area contributed by atoms with Gasteiger partial charge in [-0.05, 0) is 24.0 Å². The molecule has 0 aliphatic heterocycles. The third kappa shape index (κ3) is 3.69. The lowest BCUT2D eigenvalue weighted by Crippen LogP contribution is -2.52. The molecule has 0 saturated heterocycles. The monoisotopic (exact) mass is 358 g/mol. The third-order valence-corrected chi connectivity index (χ3v) is 3.93. The predicted molar refractivity (Wildman–Crippen MR) is 74.3 cm³/mol. The smallest absolute Gasteiger partial charge is 0.428 e. The second-order valence-corrected chi connectivity index (χ2v) is 5.33. The van der Waals surface area contributed by atoms with E-state index in [4.69, 9.17) is 21.4 Å². The number of hydrogen-bond acceptors (Lipinski definition) is 3. The Morgan fingerprint density at radius 3 is 2.35 bits per heavy atom. The van der Waals surface area contributed by atoms with E-state index in [1.54, 1.807) is 0 Å². The molecule has 23 heavy (non-hydrogen) atoms. The highest BCUT2D eigenvalue weighted by molar-refractivity contribution is 6.32. The van der Waals surface area contributed by atoms with Crippen molar-refractivity contribution in [2.45, 2.75) is 37.5 Å². The van der Waals surface area contributed by atoms with Crippen molar-refractivity contribution >= 4 is 17.6 Å². The van der Waals surface area contributed by atoms with Crippen LogP contribution in [-0.2, 0) is 4.79 Å².